The molecular formula is C79H125N30+7. The maximum atomic E-state index is 4.46. The van der Waals surface area contributed by atoms with Gasteiger partial charge in [-0.05, 0) is 107 Å². The van der Waals surface area contributed by atoms with Gasteiger partial charge in [-0.1, -0.05) is 7.43 Å². The number of fused-ring (bicyclic) bond motifs is 6. The Kier molecular flexibility index (Phi) is 34.6. The SMILES string of the molecule is C.CN(C)C/C(=C/[NH+](C)C)c1ncnc2[nH]ccc12.CN(C)C/C(=C/[NH+](C)C)c1ncnc2[nH]ccc12.CN(C)C/C(=C/[NH+](C)C)c1ncnc2[nH]ccc12.CN(C)C/C(=C/[NH+](C)C)c1ncnc2[nH]ccc12.CN(C)C/C(=C/[NH+](C)C)c1ncnc2[nH]ccc12.C[NH+](C)/C=C(/C[NH+](C)C)c1ncnc2[nH]ccc12. The molecule has 0 aliphatic rings. The largest absolute Gasteiger partial charge is 0.346 e. The molecule has 12 aromatic rings. The van der Waals surface area contributed by atoms with E-state index in [0.29, 0.717) is 0 Å². The summed E-state index contributed by atoms with van der Waals surface area (Å²) in [5.74, 6) is 0. The number of likely N-dealkylation sites (N-methyl/N-ethyl adjacent to an activating group) is 6. The Hall–Kier alpha value is -10.3. The van der Waals surface area contributed by atoms with Crippen LogP contribution in [0.3, 0.4) is 0 Å². The number of hydrogen-bond donors (Lipinski definition) is 13. The first-order chi connectivity index (χ1) is 51.5. The van der Waals surface area contributed by atoms with Gasteiger partial charge in [-0.3, -0.25) is 0 Å². The van der Waals surface area contributed by atoms with Crippen molar-refractivity contribution in [2.45, 2.75) is 7.43 Å². The first kappa shape index (κ1) is 87.6. The number of aromatic nitrogens is 18. The highest BCUT2D eigenvalue weighted by molar-refractivity contribution is 5.92. The maximum absolute atomic E-state index is 4.46. The predicted octanol–water partition coefficient (Wildman–Crippen LogP) is -0.752. The number of quaternary nitrogens is 7. The van der Waals surface area contributed by atoms with Crippen molar-refractivity contribution in [3.63, 3.8) is 0 Å². The van der Waals surface area contributed by atoms with E-state index < -0.39 is 0 Å². The van der Waals surface area contributed by atoms with Crippen LogP contribution in [0, 0.1) is 0 Å². The molecule has 0 bridgehead atoms. The normalized spacial score (nSPS) is 12.8. The molecule has 12 rings (SSSR count). The lowest BCUT2D eigenvalue weighted by Crippen LogP contribution is -3.06. The summed E-state index contributed by atoms with van der Waals surface area (Å²) < 4.78 is 0. The number of nitrogens with zero attached hydrogens (tertiary/aromatic N) is 17. The molecule has 12 heterocycles. The van der Waals surface area contributed by atoms with Crippen molar-refractivity contribution in [1.82, 2.24) is 114 Å². The molecule has 0 aromatic carbocycles. The fourth-order valence-corrected chi connectivity index (χ4v) is 12.1. The summed E-state index contributed by atoms with van der Waals surface area (Å²) in [6, 6.07) is 12.2. The first-order valence-electron chi connectivity index (χ1n) is 36.2. The van der Waals surface area contributed by atoms with E-state index in [4.69, 9.17) is 0 Å². The van der Waals surface area contributed by atoms with Crippen LogP contribution in [-0.2, 0) is 0 Å². The topological polar surface area (TPSA) is 297 Å². The van der Waals surface area contributed by atoms with Crippen LogP contribution in [0.4, 0.5) is 0 Å². The minimum atomic E-state index is 0. The Balaban J connectivity index is 0.000000204. The number of rotatable bonds is 24. The van der Waals surface area contributed by atoms with Crippen LogP contribution in [0.1, 0.15) is 41.6 Å². The van der Waals surface area contributed by atoms with E-state index in [1.807, 2.05) is 73.6 Å². The van der Waals surface area contributed by atoms with Crippen LogP contribution in [0.5, 0.6) is 0 Å². The zero-order valence-corrected chi connectivity index (χ0v) is 68.2. The maximum Gasteiger partial charge on any atom is 0.141 e. The standard InChI is InChI=1S/6C13H19N5.CH4/c6*1-17(2)7-10(8-18(3)4)12-11-5-6-14-13(11)16-9-15-12;/h6*5-7,9H,8H2,1-4H3,(H,14,15,16);1H4/p+7/b6*10-7-;. The molecule has 0 unspecified atom stereocenters. The van der Waals surface area contributed by atoms with E-state index in [1.54, 1.807) is 38.0 Å². The quantitative estimate of drug-likeness (QED) is 0.0354. The van der Waals surface area contributed by atoms with Crippen molar-refractivity contribution >= 4 is 99.6 Å². The molecule has 0 atom stereocenters. The minimum Gasteiger partial charge on any atom is -0.346 e. The molecular weight excluding hydrogens is 1370 g/mol. The first-order valence-corrected chi connectivity index (χ1v) is 36.2. The average molecular weight is 1500 g/mol. The molecule has 12 aromatic heterocycles. The highest BCUT2D eigenvalue weighted by Crippen LogP contribution is 2.26. The fourth-order valence-electron chi connectivity index (χ4n) is 12.1. The predicted molar refractivity (Wildman–Crippen MR) is 445 cm³/mol. The summed E-state index contributed by atoms with van der Waals surface area (Å²) in [6.07, 6.45) is 34.3. The fraction of sp³-hybridized carbons (Fsp3) is 0.392. The molecule has 0 saturated carbocycles. The third-order valence-electron chi connectivity index (χ3n) is 15.7. The lowest BCUT2D eigenvalue weighted by Gasteiger charge is -2.14. The van der Waals surface area contributed by atoms with Crippen molar-refractivity contribution in [2.75, 3.05) is 208 Å². The second-order valence-electron chi connectivity index (χ2n) is 29.8. The zero-order valence-electron chi connectivity index (χ0n) is 68.2. The van der Waals surface area contributed by atoms with Crippen LogP contribution in [0.15, 0.2) is 149 Å². The second-order valence-corrected chi connectivity index (χ2v) is 29.8. The van der Waals surface area contributed by atoms with Gasteiger partial charge < -0.3 is 88.7 Å². The third kappa shape index (κ3) is 27.1. The van der Waals surface area contributed by atoms with E-state index >= 15 is 0 Å². The van der Waals surface area contributed by atoms with Crippen molar-refractivity contribution in [2.24, 2.45) is 0 Å². The van der Waals surface area contributed by atoms with E-state index in [1.165, 1.54) is 67.7 Å². The molecule has 30 heteroatoms. The Morgan fingerprint density at radius 3 is 0.560 bits per heavy atom. The summed E-state index contributed by atoms with van der Waals surface area (Å²) in [5.41, 5.74) is 18.7. The summed E-state index contributed by atoms with van der Waals surface area (Å²) in [7, 11) is 50.2. The molecule has 109 heavy (non-hydrogen) atoms. The number of aromatic amines is 6. The molecule has 0 spiro atoms. The second kappa shape index (κ2) is 43.0. The van der Waals surface area contributed by atoms with Gasteiger partial charge in [0.15, 0.2) is 0 Å². The Morgan fingerprint density at radius 1 is 0.257 bits per heavy atom. The minimum absolute atomic E-state index is 0. The van der Waals surface area contributed by atoms with Crippen LogP contribution < -0.4 is 34.3 Å². The monoisotopic (exact) mass is 1490 g/mol. The Labute approximate surface area is 643 Å². The smallest absolute Gasteiger partial charge is 0.141 e. The van der Waals surface area contributed by atoms with Gasteiger partial charge in [0.1, 0.15) is 116 Å². The van der Waals surface area contributed by atoms with Gasteiger partial charge in [-0.25, -0.2) is 59.8 Å². The van der Waals surface area contributed by atoms with Gasteiger partial charge in [0, 0.05) is 130 Å². The van der Waals surface area contributed by atoms with Gasteiger partial charge in [0.25, 0.3) is 0 Å². The summed E-state index contributed by atoms with van der Waals surface area (Å²) in [6.45, 7) is 5.26. The third-order valence-corrected chi connectivity index (χ3v) is 15.7. The molecule has 0 saturated heterocycles. The summed E-state index contributed by atoms with van der Waals surface area (Å²) in [4.78, 5) is 90.6. The molecule has 0 radical (unpaired) electrons. The van der Waals surface area contributed by atoms with E-state index in [0.717, 1.165) is 140 Å². The highest BCUT2D eigenvalue weighted by Gasteiger charge is 2.20. The number of H-pyrrole nitrogens is 6. The summed E-state index contributed by atoms with van der Waals surface area (Å²) >= 11 is 0. The van der Waals surface area contributed by atoms with E-state index in [-0.39, 0.29) is 7.43 Å². The zero-order chi connectivity index (χ0) is 78.7. The van der Waals surface area contributed by atoms with Crippen LogP contribution in [0.25, 0.3) is 99.6 Å². The number of nitrogens with one attached hydrogen (secondary N) is 13. The van der Waals surface area contributed by atoms with Crippen LogP contribution in [0.2, 0.25) is 0 Å². The van der Waals surface area contributed by atoms with Crippen molar-refractivity contribution in [3.05, 3.63) is 183 Å². The van der Waals surface area contributed by atoms with Crippen LogP contribution in [-0.4, -0.2) is 323 Å². The van der Waals surface area contributed by atoms with Gasteiger partial charge >= 0.3 is 0 Å². The lowest BCUT2D eigenvalue weighted by molar-refractivity contribution is -0.851. The molecule has 30 nitrogen and oxygen atoms in total. The average Bonchev–Trinajstić information content (AvgIpc) is 1.75. The van der Waals surface area contributed by atoms with E-state index in [2.05, 4.69) is 321 Å². The number of hydrogen-bond acceptors (Lipinski definition) is 17. The summed E-state index contributed by atoms with van der Waals surface area (Å²) in [5, 5.41) is 6.47. The molecule has 0 aliphatic heterocycles. The van der Waals surface area contributed by atoms with Crippen molar-refractivity contribution in [1.29, 1.82) is 0 Å². The van der Waals surface area contributed by atoms with Gasteiger partial charge in [0.2, 0.25) is 0 Å². The Bertz CT molecular complexity index is 4110. The van der Waals surface area contributed by atoms with Gasteiger partial charge in [0.05, 0.1) is 138 Å². The van der Waals surface area contributed by atoms with Gasteiger partial charge in [-0.2, -0.15) is 0 Å². The van der Waals surface area contributed by atoms with Crippen molar-refractivity contribution < 1.29 is 34.3 Å². The molecule has 0 amide bonds. The molecule has 0 fully saturated rings. The highest BCUT2D eigenvalue weighted by atomic mass is 15.1. The Morgan fingerprint density at radius 2 is 0.413 bits per heavy atom. The van der Waals surface area contributed by atoms with Gasteiger partial charge in [-0.15, -0.1) is 0 Å². The van der Waals surface area contributed by atoms with Crippen LogP contribution >= 0.6 is 0 Å². The molecule has 13 N–H and O–H groups in total. The lowest BCUT2D eigenvalue weighted by atomic mass is 10.1. The molecule has 0 aliphatic carbocycles. The molecule has 584 valence electrons. The van der Waals surface area contributed by atoms with E-state index in [9.17, 15) is 0 Å². The van der Waals surface area contributed by atoms with Crippen molar-refractivity contribution in [3.8, 4) is 0 Å².